The molecule has 1 aliphatic heterocycles. The van der Waals surface area contributed by atoms with Gasteiger partial charge < -0.3 is 9.64 Å². The molecule has 2 aromatic carbocycles. The number of rotatable bonds is 5. The summed E-state index contributed by atoms with van der Waals surface area (Å²) < 4.78 is 5.74. The Hall–Kier alpha value is -2.00. The first-order valence-electron chi connectivity index (χ1n) is 7.92. The van der Waals surface area contributed by atoms with Crippen molar-refractivity contribution in [2.45, 2.75) is 26.2 Å². The number of fused-ring (bicyclic) bond motifs is 1. The summed E-state index contributed by atoms with van der Waals surface area (Å²) in [6, 6.07) is 13.7. The molecule has 0 radical (unpaired) electrons. The third kappa shape index (κ3) is 3.67. The Morgan fingerprint density at radius 1 is 1.26 bits per heavy atom. The zero-order valence-corrected chi connectivity index (χ0v) is 14.0. The number of ether oxygens (including phenoxy) is 1. The zero-order chi connectivity index (χ0) is 16.2. The second-order valence-corrected chi connectivity index (χ2v) is 6.22. The summed E-state index contributed by atoms with van der Waals surface area (Å²) in [5, 5.41) is 0.706. The van der Waals surface area contributed by atoms with E-state index in [1.165, 1.54) is 5.56 Å². The van der Waals surface area contributed by atoms with Gasteiger partial charge in [0.1, 0.15) is 5.75 Å². The Labute approximate surface area is 141 Å². The molecule has 0 saturated carbocycles. The lowest BCUT2D eigenvalue weighted by Crippen LogP contribution is -2.28. The van der Waals surface area contributed by atoms with Gasteiger partial charge in [-0.25, -0.2) is 0 Å². The monoisotopic (exact) mass is 329 g/mol. The van der Waals surface area contributed by atoms with E-state index in [9.17, 15) is 4.79 Å². The first-order chi connectivity index (χ1) is 11.1. The maximum atomic E-state index is 12.4. The molecule has 23 heavy (non-hydrogen) atoms. The topological polar surface area (TPSA) is 29.5 Å². The van der Waals surface area contributed by atoms with Crippen LogP contribution in [0.3, 0.4) is 0 Å². The van der Waals surface area contributed by atoms with Crippen LogP contribution in [0.25, 0.3) is 0 Å². The maximum absolute atomic E-state index is 12.4. The molecule has 120 valence electrons. The van der Waals surface area contributed by atoms with Gasteiger partial charge in [0.15, 0.2) is 0 Å². The summed E-state index contributed by atoms with van der Waals surface area (Å²) in [5.41, 5.74) is 3.33. The van der Waals surface area contributed by atoms with Gasteiger partial charge in [-0.3, -0.25) is 4.79 Å². The smallest absolute Gasteiger partial charge is 0.227 e. The van der Waals surface area contributed by atoms with Gasteiger partial charge in [-0.05, 0) is 55.2 Å². The molecular weight excluding hydrogens is 310 g/mol. The molecule has 1 amide bonds. The average Bonchev–Trinajstić information content (AvgIpc) is 2.97. The van der Waals surface area contributed by atoms with E-state index < -0.39 is 0 Å². The van der Waals surface area contributed by atoms with E-state index in [1.807, 2.05) is 48.2 Å². The molecule has 0 unspecified atom stereocenters. The number of hydrogen-bond acceptors (Lipinski definition) is 2. The number of anilines is 1. The Kier molecular flexibility index (Phi) is 4.87. The molecular formula is C19H20ClNO2. The molecule has 1 heterocycles. The number of aryl methyl sites for hydroxylation is 1. The van der Waals surface area contributed by atoms with Crippen LogP contribution in [0.5, 0.6) is 5.75 Å². The second-order valence-electron chi connectivity index (χ2n) is 5.79. The van der Waals surface area contributed by atoms with Crippen LogP contribution < -0.4 is 9.64 Å². The van der Waals surface area contributed by atoms with Crippen LogP contribution in [0.2, 0.25) is 5.02 Å². The molecule has 2 aromatic rings. The third-order valence-corrected chi connectivity index (χ3v) is 4.35. The number of nitrogens with zero attached hydrogens (tertiary/aromatic N) is 1. The van der Waals surface area contributed by atoms with Crippen molar-refractivity contribution in [3.8, 4) is 5.75 Å². The van der Waals surface area contributed by atoms with Crippen molar-refractivity contribution >= 4 is 23.2 Å². The average molecular weight is 330 g/mol. The van der Waals surface area contributed by atoms with E-state index in [1.54, 1.807) is 0 Å². The fourth-order valence-corrected chi connectivity index (χ4v) is 3.14. The highest BCUT2D eigenvalue weighted by molar-refractivity contribution is 6.30. The van der Waals surface area contributed by atoms with Crippen LogP contribution in [-0.4, -0.2) is 19.1 Å². The summed E-state index contributed by atoms with van der Waals surface area (Å²) >= 11 is 5.93. The molecule has 0 spiro atoms. The molecule has 3 nitrogen and oxygen atoms in total. The molecule has 4 heteroatoms. The van der Waals surface area contributed by atoms with Crippen molar-refractivity contribution in [2.24, 2.45) is 0 Å². The predicted molar refractivity (Wildman–Crippen MR) is 93.4 cm³/mol. The van der Waals surface area contributed by atoms with E-state index in [-0.39, 0.29) is 5.91 Å². The summed E-state index contributed by atoms with van der Waals surface area (Å²) in [5.74, 6) is 1.000. The lowest BCUT2D eigenvalue weighted by Gasteiger charge is -2.17. The van der Waals surface area contributed by atoms with Crippen LogP contribution in [0.15, 0.2) is 42.5 Å². The Morgan fingerprint density at radius 3 is 2.91 bits per heavy atom. The van der Waals surface area contributed by atoms with Gasteiger partial charge in [-0.1, -0.05) is 29.8 Å². The van der Waals surface area contributed by atoms with Crippen LogP contribution >= 0.6 is 11.6 Å². The fraction of sp³-hybridized carbons (Fsp3) is 0.316. The highest BCUT2D eigenvalue weighted by Crippen LogP contribution is 2.28. The number of hydrogen-bond donors (Lipinski definition) is 0. The lowest BCUT2D eigenvalue weighted by atomic mass is 10.2. The van der Waals surface area contributed by atoms with Crippen molar-refractivity contribution in [3.05, 3.63) is 58.6 Å². The normalized spacial score (nSPS) is 13.0. The van der Waals surface area contributed by atoms with Crippen molar-refractivity contribution < 1.29 is 9.53 Å². The summed E-state index contributed by atoms with van der Waals surface area (Å²) in [6.07, 6.45) is 2.16. The molecule has 0 bridgehead atoms. The molecule has 1 aliphatic rings. The standard InChI is InChI=1S/C19H20ClNO2/c1-14-13-16(20)8-9-18(14)23-12-4-7-19(22)21-11-10-15-5-2-3-6-17(15)21/h2-3,5-6,8-9,13H,4,7,10-12H2,1H3. The van der Waals surface area contributed by atoms with Gasteiger partial charge >= 0.3 is 0 Å². The predicted octanol–water partition coefficient (Wildman–Crippen LogP) is 4.40. The Morgan fingerprint density at radius 2 is 2.09 bits per heavy atom. The molecule has 3 rings (SSSR count). The minimum atomic E-state index is 0.173. The van der Waals surface area contributed by atoms with Crippen molar-refractivity contribution in [1.82, 2.24) is 0 Å². The van der Waals surface area contributed by atoms with Gasteiger partial charge in [0, 0.05) is 23.7 Å². The Bertz CT molecular complexity index is 714. The van der Waals surface area contributed by atoms with E-state index in [0.717, 1.165) is 30.0 Å². The molecule has 0 fully saturated rings. The summed E-state index contributed by atoms with van der Waals surface area (Å²) in [6.45, 7) is 3.28. The zero-order valence-electron chi connectivity index (χ0n) is 13.2. The molecule has 0 saturated heterocycles. The first kappa shape index (κ1) is 15.9. The quantitative estimate of drug-likeness (QED) is 0.761. The summed E-state index contributed by atoms with van der Waals surface area (Å²) in [7, 11) is 0. The van der Waals surface area contributed by atoms with Gasteiger partial charge in [-0.15, -0.1) is 0 Å². The second kappa shape index (κ2) is 7.05. The molecule has 0 aromatic heterocycles. The van der Waals surface area contributed by atoms with Crippen LogP contribution in [0.1, 0.15) is 24.0 Å². The SMILES string of the molecule is Cc1cc(Cl)ccc1OCCCC(=O)N1CCc2ccccc21. The van der Waals surface area contributed by atoms with E-state index >= 15 is 0 Å². The van der Waals surface area contributed by atoms with Crippen LogP contribution in [0, 0.1) is 6.92 Å². The fourth-order valence-electron chi connectivity index (χ4n) is 2.91. The van der Waals surface area contributed by atoms with E-state index in [4.69, 9.17) is 16.3 Å². The molecule has 0 aliphatic carbocycles. The van der Waals surface area contributed by atoms with Crippen molar-refractivity contribution in [1.29, 1.82) is 0 Å². The number of amides is 1. The van der Waals surface area contributed by atoms with Crippen molar-refractivity contribution in [2.75, 3.05) is 18.1 Å². The van der Waals surface area contributed by atoms with Gasteiger partial charge in [0.25, 0.3) is 0 Å². The minimum Gasteiger partial charge on any atom is -0.493 e. The number of halogens is 1. The van der Waals surface area contributed by atoms with Gasteiger partial charge in [-0.2, -0.15) is 0 Å². The number of carbonyl (C=O) groups is 1. The first-order valence-corrected chi connectivity index (χ1v) is 8.30. The van der Waals surface area contributed by atoms with Crippen LogP contribution in [-0.2, 0) is 11.2 Å². The summed E-state index contributed by atoms with van der Waals surface area (Å²) in [4.78, 5) is 14.3. The molecule has 0 atom stereocenters. The minimum absolute atomic E-state index is 0.173. The van der Waals surface area contributed by atoms with Gasteiger partial charge in [0.2, 0.25) is 5.91 Å². The highest BCUT2D eigenvalue weighted by atomic mass is 35.5. The lowest BCUT2D eigenvalue weighted by molar-refractivity contribution is -0.118. The molecule has 0 N–H and O–H groups in total. The number of benzene rings is 2. The Balaban J connectivity index is 1.49. The number of carbonyl (C=O) groups excluding carboxylic acids is 1. The van der Waals surface area contributed by atoms with Crippen molar-refractivity contribution in [3.63, 3.8) is 0 Å². The third-order valence-electron chi connectivity index (χ3n) is 4.12. The van der Waals surface area contributed by atoms with Crippen LogP contribution in [0.4, 0.5) is 5.69 Å². The van der Waals surface area contributed by atoms with Gasteiger partial charge in [0.05, 0.1) is 6.61 Å². The largest absolute Gasteiger partial charge is 0.493 e. The highest BCUT2D eigenvalue weighted by Gasteiger charge is 2.23. The van der Waals surface area contributed by atoms with E-state index in [0.29, 0.717) is 24.5 Å². The number of para-hydroxylation sites is 1. The maximum Gasteiger partial charge on any atom is 0.227 e. The van der Waals surface area contributed by atoms with E-state index in [2.05, 4.69) is 6.07 Å².